The van der Waals surface area contributed by atoms with Gasteiger partial charge in [0.25, 0.3) is 0 Å². The Bertz CT molecular complexity index is 773. The summed E-state index contributed by atoms with van der Waals surface area (Å²) >= 11 is 0. The summed E-state index contributed by atoms with van der Waals surface area (Å²) in [6, 6.07) is 15.3. The summed E-state index contributed by atoms with van der Waals surface area (Å²) in [6.07, 6.45) is 1.33. The minimum atomic E-state index is 0.461. The third-order valence-corrected chi connectivity index (χ3v) is 4.67. The first-order valence-electron chi connectivity index (χ1n) is 7.36. The van der Waals surface area contributed by atoms with Gasteiger partial charge in [-0.25, -0.2) is 0 Å². The van der Waals surface area contributed by atoms with E-state index in [0.717, 1.165) is 23.0 Å². The highest BCUT2D eigenvalue weighted by atomic mass is 16.3. The highest BCUT2D eigenvalue weighted by Gasteiger charge is 2.39. The molecule has 0 radical (unpaired) electrons. The predicted octanol–water partition coefficient (Wildman–Crippen LogP) is 4.50. The van der Waals surface area contributed by atoms with Crippen LogP contribution in [0.4, 0.5) is 0 Å². The molecule has 1 aromatic heterocycles. The van der Waals surface area contributed by atoms with E-state index in [4.69, 9.17) is 4.42 Å². The van der Waals surface area contributed by atoms with Crippen molar-refractivity contribution < 1.29 is 4.42 Å². The first-order valence-corrected chi connectivity index (χ1v) is 7.36. The molecule has 20 heavy (non-hydrogen) atoms. The lowest BCUT2D eigenvalue weighted by Crippen LogP contribution is -2.18. The number of fused-ring (bicyclic) bond motifs is 3. The molecule has 1 aliphatic carbocycles. The number of rotatable bonds is 3. The molecule has 1 saturated carbocycles. The van der Waals surface area contributed by atoms with E-state index in [9.17, 15) is 0 Å². The summed E-state index contributed by atoms with van der Waals surface area (Å²) in [5.74, 6) is 1.61. The van der Waals surface area contributed by atoms with Crippen LogP contribution < -0.4 is 5.32 Å². The lowest BCUT2D eigenvalue weighted by atomic mass is 9.99. The van der Waals surface area contributed by atoms with Crippen LogP contribution in [0.5, 0.6) is 0 Å². The molecule has 1 heterocycles. The fourth-order valence-electron chi connectivity index (χ4n) is 3.38. The molecule has 3 atom stereocenters. The average molecular weight is 265 g/mol. The molecule has 4 rings (SSSR count). The summed E-state index contributed by atoms with van der Waals surface area (Å²) in [6.45, 7) is 2.33. The Morgan fingerprint density at radius 2 is 1.85 bits per heavy atom. The molecule has 0 saturated heterocycles. The number of hydrogen-bond acceptors (Lipinski definition) is 2. The van der Waals surface area contributed by atoms with Gasteiger partial charge < -0.3 is 9.73 Å². The zero-order chi connectivity index (χ0) is 13.7. The molecule has 2 aromatic carbocycles. The van der Waals surface area contributed by atoms with Crippen molar-refractivity contribution in [3.05, 3.63) is 48.0 Å². The second kappa shape index (κ2) is 4.35. The van der Waals surface area contributed by atoms with E-state index in [0.29, 0.717) is 6.04 Å². The molecule has 1 fully saturated rings. The zero-order valence-electron chi connectivity index (χ0n) is 11.9. The molecule has 0 spiro atoms. The third kappa shape index (κ3) is 1.75. The molecule has 2 nitrogen and oxygen atoms in total. The maximum Gasteiger partial charge on any atom is 0.135 e. The maximum atomic E-state index is 5.90. The Balaban J connectivity index is 1.86. The largest absolute Gasteiger partial charge is 0.456 e. The standard InChI is InChI=1S/C18H19NO/c1-11-9-14(11)18(19-2)12-7-8-17-15(10-12)13-5-3-4-6-16(13)20-17/h3-8,10-11,14,18-19H,9H2,1-2H3. The summed E-state index contributed by atoms with van der Waals surface area (Å²) in [7, 11) is 2.06. The molecule has 102 valence electrons. The van der Waals surface area contributed by atoms with E-state index in [1.54, 1.807) is 0 Å². The van der Waals surface area contributed by atoms with Crippen molar-refractivity contribution in [1.82, 2.24) is 5.32 Å². The van der Waals surface area contributed by atoms with Crippen LogP contribution in [0.3, 0.4) is 0 Å². The number of hydrogen-bond donors (Lipinski definition) is 1. The van der Waals surface area contributed by atoms with Crippen molar-refractivity contribution in [2.24, 2.45) is 11.8 Å². The molecule has 2 heteroatoms. The van der Waals surface area contributed by atoms with Gasteiger partial charge in [0.05, 0.1) is 0 Å². The van der Waals surface area contributed by atoms with E-state index in [2.05, 4.69) is 49.6 Å². The molecule has 0 aliphatic heterocycles. The first kappa shape index (κ1) is 12.0. The number of nitrogens with one attached hydrogen (secondary N) is 1. The van der Waals surface area contributed by atoms with Gasteiger partial charge in [-0.15, -0.1) is 0 Å². The molecule has 1 aliphatic rings. The summed E-state index contributed by atoms with van der Waals surface area (Å²) in [5.41, 5.74) is 3.33. The third-order valence-electron chi connectivity index (χ3n) is 4.67. The lowest BCUT2D eigenvalue weighted by Gasteiger charge is -2.16. The van der Waals surface area contributed by atoms with Crippen molar-refractivity contribution >= 4 is 21.9 Å². The Morgan fingerprint density at radius 3 is 2.60 bits per heavy atom. The van der Waals surface area contributed by atoms with Gasteiger partial charge in [-0.1, -0.05) is 31.2 Å². The van der Waals surface area contributed by atoms with Crippen molar-refractivity contribution in [1.29, 1.82) is 0 Å². The Kier molecular flexibility index (Phi) is 2.61. The van der Waals surface area contributed by atoms with Crippen molar-refractivity contribution in [3.63, 3.8) is 0 Å². The Hall–Kier alpha value is -1.80. The quantitative estimate of drug-likeness (QED) is 0.754. The Labute approximate surface area is 118 Å². The van der Waals surface area contributed by atoms with Gasteiger partial charge in [-0.05, 0) is 49.1 Å². The second-order valence-electron chi connectivity index (χ2n) is 6.00. The van der Waals surface area contributed by atoms with Gasteiger partial charge in [-0.3, -0.25) is 0 Å². The van der Waals surface area contributed by atoms with Crippen LogP contribution in [-0.4, -0.2) is 7.05 Å². The van der Waals surface area contributed by atoms with Crippen LogP contribution in [0.15, 0.2) is 46.9 Å². The van der Waals surface area contributed by atoms with Crippen LogP contribution in [0.1, 0.15) is 24.9 Å². The monoisotopic (exact) mass is 265 g/mol. The number of para-hydroxylation sites is 1. The fraction of sp³-hybridized carbons (Fsp3) is 0.333. The van der Waals surface area contributed by atoms with Crippen molar-refractivity contribution in [2.75, 3.05) is 7.05 Å². The first-order chi connectivity index (χ1) is 9.78. The van der Waals surface area contributed by atoms with Gasteiger partial charge in [0.15, 0.2) is 0 Å². The van der Waals surface area contributed by atoms with Crippen LogP contribution >= 0.6 is 0 Å². The second-order valence-corrected chi connectivity index (χ2v) is 6.00. The highest BCUT2D eigenvalue weighted by Crippen LogP contribution is 2.47. The highest BCUT2D eigenvalue weighted by molar-refractivity contribution is 6.05. The zero-order valence-corrected chi connectivity index (χ0v) is 11.9. The van der Waals surface area contributed by atoms with E-state index in [1.807, 2.05) is 12.1 Å². The van der Waals surface area contributed by atoms with Gasteiger partial charge in [-0.2, -0.15) is 0 Å². The predicted molar refractivity (Wildman–Crippen MR) is 82.8 cm³/mol. The normalized spacial score (nSPS) is 23.3. The Morgan fingerprint density at radius 1 is 1.10 bits per heavy atom. The molecule has 1 N–H and O–H groups in total. The number of furan rings is 1. The topological polar surface area (TPSA) is 25.2 Å². The van der Waals surface area contributed by atoms with Gasteiger partial charge in [0.2, 0.25) is 0 Å². The summed E-state index contributed by atoms with van der Waals surface area (Å²) in [4.78, 5) is 0. The minimum Gasteiger partial charge on any atom is -0.456 e. The van der Waals surface area contributed by atoms with Gasteiger partial charge in [0, 0.05) is 16.8 Å². The van der Waals surface area contributed by atoms with E-state index < -0.39 is 0 Å². The molecule has 3 unspecified atom stereocenters. The number of benzene rings is 2. The fourth-order valence-corrected chi connectivity index (χ4v) is 3.38. The smallest absolute Gasteiger partial charge is 0.135 e. The molecular weight excluding hydrogens is 246 g/mol. The average Bonchev–Trinajstić information content (AvgIpc) is 3.06. The van der Waals surface area contributed by atoms with Gasteiger partial charge in [0.1, 0.15) is 11.2 Å². The van der Waals surface area contributed by atoms with Crippen LogP contribution in [0.2, 0.25) is 0 Å². The van der Waals surface area contributed by atoms with Crippen LogP contribution in [0, 0.1) is 11.8 Å². The molecule has 0 amide bonds. The van der Waals surface area contributed by atoms with Crippen molar-refractivity contribution in [3.8, 4) is 0 Å². The summed E-state index contributed by atoms with van der Waals surface area (Å²) in [5, 5.41) is 5.92. The van der Waals surface area contributed by atoms with Gasteiger partial charge >= 0.3 is 0 Å². The molecule has 3 aromatic rings. The molecular formula is C18H19NO. The molecule has 0 bridgehead atoms. The van der Waals surface area contributed by atoms with Crippen LogP contribution in [-0.2, 0) is 0 Å². The van der Waals surface area contributed by atoms with E-state index in [-0.39, 0.29) is 0 Å². The van der Waals surface area contributed by atoms with Crippen molar-refractivity contribution in [2.45, 2.75) is 19.4 Å². The van der Waals surface area contributed by atoms with E-state index in [1.165, 1.54) is 22.8 Å². The maximum absolute atomic E-state index is 5.90. The lowest BCUT2D eigenvalue weighted by molar-refractivity contribution is 0.504. The van der Waals surface area contributed by atoms with Crippen LogP contribution in [0.25, 0.3) is 21.9 Å². The minimum absolute atomic E-state index is 0.461. The SMILES string of the molecule is CNC(c1ccc2oc3ccccc3c2c1)C1CC1C. The van der Waals surface area contributed by atoms with E-state index >= 15 is 0 Å². The summed E-state index contributed by atoms with van der Waals surface area (Å²) < 4.78 is 5.90.